The van der Waals surface area contributed by atoms with Crippen molar-refractivity contribution >= 4 is 102 Å². The monoisotopic (exact) mass is 815 g/mol. The first kappa shape index (κ1) is 34.8. The Morgan fingerprint density at radius 3 is 1.52 bits per heavy atom. The Hall–Kier alpha value is -6.98. The smallest absolute Gasteiger partial charge is 0.143 e. The molecule has 13 rings (SSSR count). The van der Waals surface area contributed by atoms with Gasteiger partial charge in [0.1, 0.15) is 11.2 Å². The Kier molecular flexibility index (Phi) is 7.43. The van der Waals surface area contributed by atoms with Crippen molar-refractivity contribution in [1.29, 1.82) is 0 Å². The van der Waals surface area contributed by atoms with E-state index in [2.05, 4.69) is 207 Å². The van der Waals surface area contributed by atoms with E-state index in [0.717, 1.165) is 39.0 Å². The van der Waals surface area contributed by atoms with Crippen LogP contribution < -0.4 is 4.90 Å². The fourth-order valence-electron chi connectivity index (χ4n) is 10.1. The van der Waals surface area contributed by atoms with Crippen molar-refractivity contribution in [3.05, 3.63) is 199 Å². The summed E-state index contributed by atoms with van der Waals surface area (Å²) in [5.74, 6) is 0. The number of fused-ring (bicyclic) bond motifs is 13. The van der Waals surface area contributed by atoms with E-state index in [9.17, 15) is 0 Å². The third kappa shape index (κ3) is 5.13. The predicted octanol–water partition coefficient (Wildman–Crippen LogP) is 17.4. The molecule has 1 aliphatic rings. The summed E-state index contributed by atoms with van der Waals surface area (Å²) in [6.07, 6.45) is 0. The van der Waals surface area contributed by atoms with Crippen LogP contribution >= 0.6 is 22.7 Å². The van der Waals surface area contributed by atoms with Crippen LogP contribution in [0.2, 0.25) is 0 Å². The molecule has 4 heteroatoms. The first-order valence-corrected chi connectivity index (χ1v) is 22.5. The third-order valence-electron chi connectivity index (χ3n) is 13.1. The van der Waals surface area contributed by atoms with Crippen LogP contribution in [0.3, 0.4) is 0 Å². The van der Waals surface area contributed by atoms with Gasteiger partial charge in [-0.3, -0.25) is 0 Å². The first-order chi connectivity index (χ1) is 30.0. The minimum atomic E-state index is -0.175. The van der Waals surface area contributed by atoms with Crippen molar-refractivity contribution in [3.63, 3.8) is 0 Å². The molecule has 0 saturated carbocycles. The van der Waals surface area contributed by atoms with Gasteiger partial charge in [0.15, 0.2) is 0 Å². The normalized spacial score (nSPS) is 13.2. The molecule has 3 aromatic heterocycles. The molecule has 0 N–H and O–H groups in total. The molecular formula is C57H37NOS2. The fraction of sp³-hybridized carbons (Fsp3) is 0.0526. The number of nitrogens with zero attached hydrogens (tertiary/aromatic N) is 1. The first-order valence-electron chi connectivity index (χ1n) is 20.9. The average Bonchev–Trinajstić information content (AvgIpc) is 4.05. The van der Waals surface area contributed by atoms with Crippen molar-refractivity contribution in [2.45, 2.75) is 19.3 Å². The topological polar surface area (TPSA) is 16.4 Å². The number of benzene rings is 9. The maximum Gasteiger partial charge on any atom is 0.143 e. The van der Waals surface area contributed by atoms with Crippen molar-refractivity contribution in [3.8, 4) is 33.4 Å². The van der Waals surface area contributed by atoms with E-state index in [0.29, 0.717) is 0 Å². The van der Waals surface area contributed by atoms with Gasteiger partial charge in [0.25, 0.3) is 0 Å². The Morgan fingerprint density at radius 2 is 0.918 bits per heavy atom. The predicted molar refractivity (Wildman–Crippen MR) is 263 cm³/mol. The lowest BCUT2D eigenvalue weighted by molar-refractivity contribution is 0.653. The third-order valence-corrected chi connectivity index (χ3v) is 15.5. The number of thiophene rings is 2. The van der Waals surface area contributed by atoms with Crippen LogP contribution in [-0.4, -0.2) is 0 Å². The number of hydrogen-bond donors (Lipinski definition) is 0. The quantitative estimate of drug-likeness (QED) is 0.172. The number of hydrogen-bond acceptors (Lipinski definition) is 4. The molecule has 3 heterocycles. The van der Waals surface area contributed by atoms with Gasteiger partial charge in [-0.2, -0.15) is 0 Å². The van der Waals surface area contributed by atoms with Gasteiger partial charge in [0.05, 0.1) is 0 Å². The number of para-hydroxylation sites is 1. The van der Waals surface area contributed by atoms with Gasteiger partial charge in [-0.05, 0) is 93.5 Å². The summed E-state index contributed by atoms with van der Waals surface area (Å²) in [7, 11) is 0. The molecule has 0 aliphatic heterocycles. The van der Waals surface area contributed by atoms with E-state index in [-0.39, 0.29) is 5.41 Å². The van der Waals surface area contributed by atoms with Crippen LogP contribution in [0.5, 0.6) is 0 Å². The number of rotatable bonds is 5. The molecule has 0 radical (unpaired) electrons. The molecule has 0 unspecified atom stereocenters. The van der Waals surface area contributed by atoms with E-state index in [1.165, 1.54) is 84.9 Å². The summed E-state index contributed by atoms with van der Waals surface area (Å²) in [5.41, 5.74) is 15.0. The Labute approximate surface area is 361 Å². The van der Waals surface area contributed by atoms with Crippen molar-refractivity contribution < 1.29 is 4.42 Å². The molecule has 2 nitrogen and oxygen atoms in total. The second kappa shape index (κ2) is 13.0. The number of furan rings is 1. The van der Waals surface area contributed by atoms with Crippen LogP contribution in [0.1, 0.15) is 25.0 Å². The van der Waals surface area contributed by atoms with Gasteiger partial charge < -0.3 is 9.32 Å². The van der Waals surface area contributed by atoms with E-state index in [1.807, 2.05) is 22.7 Å². The molecule has 0 fully saturated rings. The second-order valence-electron chi connectivity index (χ2n) is 16.8. The van der Waals surface area contributed by atoms with Crippen LogP contribution in [0.25, 0.3) is 95.7 Å². The van der Waals surface area contributed by atoms with Gasteiger partial charge in [0, 0.05) is 79.2 Å². The van der Waals surface area contributed by atoms with E-state index < -0.39 is 0 Å². The fourth-order valence-corrected chi connectivity index (χ4v) is 12.6. The minimum absolute atomic E-state index is 0.175. The van der Waals surface area contributed by atoms with Crippen molar-refractivity contribution in [2.75, 3.05) is 4.90 Å². The van der Waals surface area contributed by atoms with E-state index in [4.69, 9.17) is 4.42 Å². The Bertz CT molecular complexity index is 3580. The summed E-state index contributed by atoms with van der Waals surface area (Å²) in [6.45, 7) is 4.69. The molecule has 0 spiro atoms. The van der Waals surface area contributed by atoms with Crippen LogP contribution in [0.15, 0.2) is 192 Å². The standard InChI is InChI=1S/C57H37NOS2/c1-57(2)48-31-29-38(33-47(48)53-49(57)32-30-44-41-11-3-6-18-50(41)59-54(44)53)58(36-25-21-34(22-26-36)39-14-9-16-45-42-12-4-7-19-51(42)60-55(39)45)37-27-23-35(24-28-37)40-15-10-17-46-43-13-5-8-20-52(43)61-56(40)46/h3-33H,1-2H3. The summed E-state index contributed by atoms with van der Waals surface area (Å²) >= 11 is 3.76. The zero-order chi connectivity index (χ0) is 40.4. The largest absolute Gasteiger partial charge is 0.455 e. The van der Waals surface area contributed by atoms with Gasteiger partial charge in [-0.25, -0.2) is 0 Å². The van der Waals surface area contributed by atoms with E-state index >= 15 is 0 Å². The van der Waals surface area contributed by atoms with Gasteiger partial charge >= 0.3 is 0 Å². The maximum absolute atomic E-state index is 6.71. The highest BCUT2D eigenvalue weighted by Gasteiger charge is 2.38. The second-order valence-corrected chi connectivity index (χ2v) is 18.9. The highest BCUT2D eigenvalue weighted by Crippen LogP contribution is 2.54. The van der Waals surface area contributed by atoms with Gasteiger partial charge in [-0.15, -0.1) is 22.7 Å². The van der Waals surface area contributed by atoms with Crippen molar-refractivity contribution in [1.82, 2.24) is 0 Å². The lowest BCUT2D eigenvalue weighted by Gasteiger charge is -2.27. The van der Waals surface area contributed by atoms with Crippen LogP contribution in [0.4, 0.5) is 17.1 Å². The molecule has 61 heavy (non-hydrogen) atoms. The molecule has 0 saturated heterocycles. The zero-order valence-electron chi connectivity index (χ0n) is 33.6. The van der Waals surface area contributed by atoms with Gasteiger partial charge in [-0.1, -0.05) is 147 Å². The highest BCUT2D eigenvalue weighted by atomic mass is 32.1. The number of anilines is 3. The Morgan fingerprint density at radius 1 is 0.410 bits per heavy atom. The van der Waals surface area contributed by atoms with Crippen LogP contribution in [0, 0.1) is 0 Å². The summed E-state index contributed by atoms with van der Waals surface area (Å²) < 4.78 is 12.0. The average molecular weight is 816 g/mol. The SMILES string of the molecule is CC1(C)c2ccc(N(c3ccc(-c4cccc5c4sc4ccccc45)cc3)c3ccc(-c4cccc5c4sc4ccccc45)cc3)cc2-c2c1ccc1c2oc2ccccc21. The lowest BCUT2D eigenvalue weighted by atomic mass is 9.82. The molecule has 0 amide bonds. The van der Waals surface area contributed by atoms with Crippen LogP contribution in [-0.2, 0) is 5.41 Å². The minimum Gasteiger partial charge on any atom is -0.455 e. The molecule has 9 aromatic carbocycles. The molecule has 12 aromatic rings. The zero-order valence-corrected chi connectivity index (χ0v) is 35.2. The van der Waals surface area contributed by atoms with E-state index in [1.54, 1.807) is 0 Å². The molecule has 0 bridgehead atoms. The summed E-state index contributed by atoms with van der Waals surface area (Å²) in [4.78, 5) is 2.41. The Balaban J connectivity index is 0.973. The molecule has 1 aliphatic carbocycles. The molecular weight excluding hydrogens is 779 g/mol. The summed E-state index contributed by atoms with van der Waals surface area (Å²) in [5, 5.41) is 7.59. The maximum atomic E-state index is 6.71. The highest BCUT2D eigenvalue weighted by molar-refractivity contribution is 7.26. The lowest BCUT2D eigenvalue weighted by Crippen LogP contribution is -2.15. The van der Waals surface area contributed by atoms with Gasteiger partial charge in [0.2, 0.25) is 0 Å². The molecule has 288 valence electrons. The molecule has 0 atom stereocenters. The van der Waals surface area contributed by atoms with Crippen molar-refractivity contribution in [2.24, 2.45) is 0 Å². The summed E-state index contributed by atoms with van der Waals surface area (Å²) in [6, 6.07) is 69.3.